The van der Waals surface area contributed by atoms with Gasteiger partial charge in [-0.15, -0.1) is 0 Å². The lowest BCUT2D eigenvalue weighted by Gasteiger charge is -2.20. The van der Waals surface area contributed by atoms with E-state index in [4.69, 9.17) is 0 Å². The van der Waals surface area contributed by atoms with E-state index < -0.39 is 0 Å². The van der Waals surface area contributed by atoms with Gasteiger partial charge in [0, 0.05) is 18.7 Å². The molecular weight excluding hydrogens is 277 g/mol. The van der Waals surface area contributed by atoms with Gasteiger partial charge in [-0.3, -0.25) is 0 Å². The summed E-state index contributed by atoms with van der Waals surface area (Å²) in [4.78, 5) is 0. The fourth-order valence-corrected chi connectivity index (χ4v) is 2.69. The average molecular weight is 301 g/mol. The molecule has 0 saturated carbocycles. The molecule has 0 fully saturated rings. The molecule has 0 heterocycles. The van der Waals surface area contributed by atoms with Crippen LogP contribution in [0.1, 0.15) is 36.0 Å². The van der Waals surface area contributed by atoms with Crippen LogP contribution in [-0.2, 0) is 6.54 Å². The van der Waals surface area contributed by atoms with Gasteiger partial charge in [0.15, 0.2) is 0 Å². The van der Waals surface area contributed by atoms with E-state index in [2.05, 4.69) is 17.4 Å². The molecule has 3 heteroatoms. The Hall–Kier alpha value is -1.71. The van der Waals surface area contributed by atoms with E-state index >= 15 is 0 Å². The molecule has 118 valence electrons. The zero-order chi connectivity index (χ0) is 15.9. The predicted octanol–water partition coefficient (Wildman–Crippen LogP) is 3.78. The maximum Gasteiger partial charge on any atom is 0.127 e. The number of aliphatic hydroxyl groups excluding tert-OH is 1. The number of aryl methyl sites for hydroxylation is 1. The highest BCUT2D eigenvalue weighted by Gasteiger charge is 2.14. The number of benzene rings is 2. The molecule has 2 unspecified atom stereocenters. The van der Waals surface area contributed by atoms with Gasteiger partial charge in [-0.1, -0.05) is 48.0 Å². The van der Waals surface area contributed by atoms with Crippen LogP contribution < -0.4 is 5.32 Å². The molecule has 0 amide bonds. The second-order valence-corrected chi connectivity index (χ2v) is 5.92. The first-order chi connectivity index (χ1) is 10.6. The summed E-state index contributed by atoms with van der Waals surface area (Å²) in [6.07, 6.45) is 0.329. The van der Waals surface area contributed by atoms with Crippen LogP contribution in [0.25, 0.3) is 0 Å². The molecule has 22 heavy (non-hydrogen) atoms. The zero-order valence-electron chi connectivity index (χ0n) is 13.2. The van der Waals surface area contributed by atoms with Crippen molar-refractivity contribution >= 4 is 0 Å². The van der Waals surface area contributed by atoms with E-state index in [1.807, 2.05) is 31.2 Å². The second-order valence-electron chi connectivity index (χ2n) is 5.92. The van der Waals surface area contributed by atoms with Crippen LogP contribution in [0.15, 0.2) is 48.5 Å². The van der Waals surface area contributed by atoms with Crippen molar-refractivity contribution in [2.24, 2.45) is 0 Å². The fourth-order valence-electron chi connectivity index (χ4n) is 2.69. The Bertz CT molecular complexity index is 583. The van der Waals surface area contributed by atoms with Crippen molar-refractivity contribution in [3.8, 4) is 0 Å². The molecule has 0 aromatic heterocycles. The van der Waals surface area contributed by atoms with E-state index in [-0.39, 0.29) is 17.8 Å². The van der Waals surface area contributed by atoms with Gasteiger partial charge in [-0.2, -0.15) is 0 Å². The van der Waals surface area contributed by atoms with Gasteiger partial charge in [0.25, 0.3) is 0 Å². The minimum atomic E-state index is -0.359. The molecule has 2 N–H and O–H groups in total. The number of halogens is 1. The van der Waals surface area contributed by atoms with Crippen LogP contribution in [0.5, 0.6) is 0 Å². The van der Waals surface area contributed by atoms with Gasteiger partial charge in [0.05, 0.1) is 6.10 Å². The Labute approximate surface area is 132 Å². The highest BCUT2D eigenvalue weighted by Crippen LogP contribution is 2.21. The molecule has 2 aromatic rings. The van der Waals surface area contributed by atoms with E-state index in [0.717, 1.165) is 5.56 Å². The lowest BCUT2D eigenvalue weighted by atomic mass is 9.93. The maximum atomic E-state index is 13.7. The number of aliphatic hydroxyl groups is 1. The summed E-state index contributed by atoms with van der Waals surface area (Å²) < 4.78 is 13.7. The number of rotatable bonds is 7. The number of hydrogen-bond acceptors (Lipinski definition) is 2. The van der Waals surface area contributed by atoms with Crippen molar-refractivity contribution in [1.82, 2.24) is 5.32 Å². The summed E-state index contributed by atoms with van der Waals surface area (Å²) >= 11 is 0. The normalized spacial score (nSPS) is 13.8. The van der Waals surface area contributed by atoms with Gasteiger partial charge < -0.3 is 10.4 Å². The molecule has 0 radical (unpaired) electrons. The molecule has 2 aromatic carbocycles. The summed E-state index contributed by atoms with van der Waals surface area (Å²) in [5.41, 5.74) is 2.94. The minimum absolute atomic E-state index is 0.176. The Morgan fingerprint density at radius 1 is 1.14 bits per heavy atom. The molecule has 2 rings (SSSR count). The summed E-state index contributed by atoms with van der Waals surface area (Å²) in [6.45, 7) is 4.97. The maximum absolute atomic E-state index is 13.7. The molecule has 0 saturated heterocycles. The van der Waals surface area contributed by atoms with E-state index in [9.17, 15) is 9.50 Å². The Balaban J connectivity index is 1.98. The lowest BCUT2D eigenvalue weighted by molar-refractivity contribution is 0.173. The third kappa shape index (κ3) is 4.93. The minimum Gasteiger partial charge on any atom is -0.393 e. The third-order valence-electron chi connectivity index (χ3n) is 3.80. The van der Waals surface area contributed by atoms with Crippen molar-refractivity contribution in [1.29, 1.82) is 0 Å². The molecule has 0 aliphatic rings. The predicted molar refractivity (Wildman–Crippen MR) is 88.3 cm³/mol. The van der Waals surface area contributed by atoms with Crippen molar-refractivity contribution < 1.29 is 9.50 Å². The first kappa shape index (κ1) is 16.7. The van der Waals surface area contributed by atoms with E-state index in [0.29, 0.717) is 25.1 Å². The molecular formula is C19H24FNO. The van der Waals surface area contributed by atoms with E-state index in [1.165, 1.54) is 11.6 Å². The van der Waals surface area contributed by atoms with Crippen LogP contribution >= 0.6 is 0 Å². The quantitative estimate of drug-likeness (QED) is 0.816. The highest BCUT2D eigenvalue weighted by molar-refractivity contribution is 5.24. The number of hydrogen-bond donors (Lipinski definition) is 2. The first-order valence-electron chi connectivity index (χ1n) is 7.75. The largest absolute Gasteiger partial charge is 0.393 e. The van der Waals surface area contributed by atoms with Gasteiger partial charge in [0.1, 0.15) is 5.82 Å². The third-order valence-corrected chi connectivity index (χ3v) is 3.80. The molecule has 0 aliphatic heterocycles. The summed E-state index contributed by atoms with van der Waals surface area (Å²) in [5.74, 6) is 0.0407. The van der Waals surface area contributed by atoms with Crippen molar-refractivity contribution in [2.75, 3.05) is 6.54 Å². The monoisotopic (exact) mass is 301 g/mol. The SMILES string of the molecule is Cc1ccc(F)c(CNCC(CC(C)O)c2ccccc2)c1. The van der Waals surface area contributed by atoms with Crippen LogP contribution in [0.3, 0.4) is 0 Å². The molecule has 0 aliphatic carbocycles. The standard InChI is InChI=1S/C19H24FNO/c1-14-8-9-19(20)18(10-14)13-21-12-17(11-15(2)22)16-6-4-3-5-7-16/h3-10,15,17,21-22H,11-13H2,1-2H3. The molecule has 0 bridgehead atoms. The zero-order valence-corrected chi connectivity index (χ0v) is 13.2. The van der Waals surface area contributed by atoms with Crippen molar-refractivity contribution in [2.45, 2.75) is 38.8 Å². The Morgan fingerprint density at radius 2 is 1.86 bits per heavy atom. The Morgan fingerprint density at radius 3 is 2.55 bits per heavy atom. The van der Waals surface area contributed by atoms with Crippen LogP contribution in [-0.4, -0.2) is 17.8 Å². The lowest BCUT2D eigenvalue weighted by Crippen LogP contribution is -2.24. The Kier molecular flexibility index (Phi) is 6.10. The summed E-state index contributed by atoms with van der Waals surface area (Å²) in [7, 11) is 0. The van der Waals surface area contributed by atoms with Gasteiger partial charge in [0.2, 0.25) is 0 Å². The topological polar surface area (TPSA) is 32.3 Å². The van der Waals surface area contributed by atoms with Gasteiger partial charge in [-0.05, 0) is 37.8 Å². The second kappa shape index (κ2) is 8.06. The molecule has 0 spiro atoms. The van der Waals surface area contributed by atoms with Crippen molar-refractivity contribution in [3.63, 3.8) is 0 Å². The summed E-state index contributed by atoms with van der Waals surface area (Å²) in [5, 5.41) is 13.0. The van der Waals surface area contributed by atoms with Crippen LogP contribution in [0.4, 0.5) is 4.39 Å². The highest BCUT2D eigenvalue weighted by atomic mass is 19.1. The van der Waals surface area contributed by atoms with Gasteiger partial charge >= 0.3 is 0 Å². The summed E-state index contributed by atoms with van der Waals surface area (Å²) in [6, 6.07) is 15.3. The molecule has 2 nitrogen and oxygen atoms in total. The average Bonchev–Trinajstić information content (AvgIpc) is 2.50. The van der Waals surface area contributed by atoms with Crippen LogP contribution in [0.2, 0.25) is 0 Å². The fraction of sp³-hybridized carbons (Fsp3) is 0.368. The van der Waals surface area contributed by atoms with E-state index in [1.54, 1.807) is 13.0 Å². The van der Waals surface area contributed by atoms with Gasteiger partial charge in [-0.25, -0.2) is 4.39 Å². The smallest absolute Gasteiger partial charge is 0.127 e. The van der Waals surface area contributed by atoms with Crippen molar-refractivity contribution in [3.05, 3.63) is 71.0 Å². The number of nitrogens with one attached hydrogen (secondary N) is 1. The first-order valence-corrected chi connectivity index (χ1v) is 7.75. The molecule has 2 atom stereocenters. The van der Waals surface area contributed by atoms with Crippen LogP contribution in [0, 0.1) is 12.7 Å².